The minimum Gasteiger partial charge on any atom is -0.246 e. The number of allylic oxidation sites excluding steroid dienone is 5. The molecule has 0 amide bonds. The van der Waals surface area contributed by atoms with Crippen molar-refractivity contribution in [2.75, 3.05) is 0 Å². The van der Waals surface area contributed by atoms with Gasteiger partial charge in [-0.25, -0.2) is 12.7 Å². The van der Waals surface area contributed by atoms with Gasteiger partial charge in [-0.05, 0) is 37.6 Å². The van der Waals surface area contributed by atoms with Gasteiger partial charge in [-0.15, -0.1) is 0 Å². The molecule has 94 valence electrons. The second-order valence-electron chi connectivity index (χ2n) is 4.10. The van der Waals surface area contributed by atoms with Crippen LogP contribution in [0, 0.1) is 6.92 Å². The molecule has 1 aliphatic rings. The topological polar surface area (TPSA) is 37.4 Å². The summed E-state index contributed by atoms with van der Waals surface area (Å²) in [6.07, 6.45) is 8.67. The normalized spacial score (nSPS) is 15.4. The van der Waals surface area contributed by atoms with Gasteiger partial charge in [0, 0.05) is 11.9 Å². The van der Waals surface area contributed by atoms with Crippen LogP contribution in [-0.4, -0.2) is 12.7 Å². The fourth-order valence-corrected chi connectivity index (χ4v) is 3.41. The Balaban J connectivity index is 2.53. The van der Waals surface area contributed by atoms with Crippen molar-refractivity contribution in [3.8, 4) is 0 Å². The van der Waals surface area contributed by atoms with E-state index in [1.54, 1.807) is 56.5 Å². The van der Waals surface area contributed by atoms with Gasteiger partial charge in [-0.2, -0.15) is 0 Å². The third-order valence-electron chi connectivity index (χ3n) is 2.76. The zero-order valence-electron chi connectivity index (χ0n) is 10.4. The predicted molar refractivity (Wildman–Crippen MR) is 72.2 cm³/mol. The fraction of sp³-hybridized carbons (Fsp3) is 0.143. The molecule has 0 atom stereocenters. The van der Waals surface area contributed by atoms with Crippen molar-refractivity contribution in [2.45, 2.75) is 18.7 Å². The first-order valence-corrected chi connectivity index (χ1v) is 7.09. The molecule has 0 saturated carbocycles. The quantitative estimate of drug-likeness (QED) is 0.820. The van der Waals surface area contributed by atoms with E-state index in [1.807, 2.05) is 12.1 Å². The maximum atomic E-state index is 12.6. The van der Waals surface area contributed by atoms with E-state index >= 15 is 0 Å². The van der Waals surface area contributed by atoms with Crippen LogP contribution in [0.4, 0.5) is 0 Å². The van der Waals surface area contributed by atoms with E-state index < -0.39 is 10.0 Å². The first-order chi connectivity index (χ1) is 8.53. The maximum absolute atomic E-state index is 12.6. The molecule has 4 heteroatoms. The SMILES string of the molecule is CC1=CC=CC=CN1S(=O)(=O)c1ccccc1C. The highest BCUT2D eigenvalue weighted by Crippen LogP contribution is 2.24. The van der Waals surface area contributed by atoms with Gasteiger partial charge in [0.05, 0.1) is 4.90 Å². The van der Waals surface area contributed by atoms with E-state index in [9.17, 15) is 8.42 Å². The van der Waals surface area contributed by atoms with Gasteiger partial charge in [0.1, 0.15) is 0 Å². The number of hydrogen-bond acceptors (Lipinski definition) is 2. The minimum atomic E-state index is -3.53. The van der Waals surface area contributed by atoms with Crippen LogP contribution >= 0.6 is 0 Å². The standard InChI is InChI=1S/C14H15NO2S/c1-12-8-5-6-10-14(12)18(16,17)15-11-7-3-4-9-13(15)2/h3-11H,1-2H3. The van der Waals surface area contributed by atoms with Gasteiger partial charge in [-0.1, -0.05) is 30.4 Å². The average molecular weight is 261 g/mol. The molecule has 0 aromatic heterocycles. The predicted octanol–water partition coefficient (Wildman–Crippen LogP) is 2.97. The molecule has 1 aromatic rings. The molecule has 3 nitrogen and oxygen atoms in total. The highest BCUT2D eigenvalue weighted by molar-refractivity contribution is 7.89. The van der Waals surface area contributed by atoms with E-state index in [2.05, 4.69) is 0 Å². The van der Waals surface area contributed by atoms with Gasteiger partial charge in [-0.3, -0.25) is 0 Å². The van der Waals surface area contributed by atoms with Crippen molar-refractivity contribution >= 4 is 10.0 Å². The fourth-order valence-electron chi connectivity index (χ4n) is 1.80. The molecular weight excluding hydrogens is 246 g/mol. The van der Waals surface area contributed by atoms with Crippen molar-refractivity contribution in [3.63, 3.8) is 0 Å². The smallest absolute Gasteiger partial charge is 0.246 e. The Morgan fingerprint density at radius 2 is 1.72 bits per heavy atom. The van der Waals surface area contributed by atoms with Crippen LogP contribution in [0.15, 0.2) is 65.4 Å². The highest BCUT2D eigenvalue weighted by Gasteiger charge is 2.24. The Hall–Kier alpha value is -1.81. The van der Waals surface area contributed by atoms with Crippen molar-refractivity contribution in [1.29, 1.82) is 0 Å². The summed E-state index contributed by atoms with van der Waals surface area (Å²) < 4.78 is 26.5. The van der Waals surface area contributed by atoms with E-state index in [1.165, 1.54) is 4.31 Å². The van der Waals surface area contributed by atoms with Crippen LogP contribution in [0.1, 0.15) is 12.5 Å². The number of nitrogens with zero attached hydrogens (tertiary/aromatic N) is 1. The monoisotopic (exact) mass is 261 g/mol. The van der Waals surface area contributed by atoms with Crippen LogP contribution in [0.25, 0.3) is 0 Å². The second-order valence-corrected chi connectivity index (χ2v) is 5.88. The molecule has 0 spiro atoms. The summed E-state index contributed by atoms with van der Waals surface area (Å²) in [6, 6.07) is 6.99. The first-order valence-electron chi connectivity index (χ1n) is 5.65. The zero-order valence-corrected chi connectivity index (χ0v) is 11.2. The molecule has 0 radical (unpaired) electrons. The Bertz CT molecular complexity index is 640. The second kappa shape index (κ2) is 4.82. The third-order valence-corrected chi connectivity index (χ3v) is 4.70. The van der Waals surface area contributed by atoms with Crippen molar-refractivity contribution < 1.29 is 8.42 Å². The van der Waals surface area contributed by atoms with Gasteiger partial charge < -0.3 is 0 Å². The summed E-state index contributed by atoms with van der Waals surface area (Å²) in [4.78, 5) is 0.337. The number of hydrogen-bond donors (Lipinski definition) is 0. The summed E-state index contributed by atoms with van der Waals surface area (Å²) in [7, 11) is -3.53. The van der Waals surface area contributed by atoms with Crippen LogP contribution in [0.5, 0.6) is 0 Å². The Morgan fingerprint density at radius 1 is 1.00 bits per heavy atom. The lowest BCUT2D eigenvalue weighted by Crippen LogP contribution is -2.24. The van der Waals surface area contributed by atoms with Crippen molar-refractivity contribution in [2.24, 2.45) is 0 Å². The molecule has 1 aliphatic heterocycles. The van der Waals surface area contributed by atoms with Gasteiger partial charge in [0.15, 0.2) is 0 Å². The lowest BCUT2D eigenvalue weighted by atomic mass is 10.2. The Labute approximate surface area is 108 Å². The summed E-state index contributed by atoms with van der Waals surface area (Å²) in [5.74, 6) is 0. The van der Waals surface area contributed by atoms with Gasteiger partial charge in [0.2, 0.25) is 0 Å². The molecule has 0 aliphatic carbocycles. The summed E-state index contributed by atoms with van der Waals surface area (Å²) >= 11 is 0. The van der Waals surface area contributed by atoms with Crippen LogP contribution in [0.3, 0.4) is 0 Å². The number of aryl methyl sites for hydroxylation is 1. The first kappa shape index (κ1) is 12.6. The number of benzene rings is 1. The van der Waals surface area contributed by atoms with E-state index in [0.717, 1.165) is 5.56 Å². The molecule has 0 fully saturated rings. The van der Waals surface area contributed by atoms with E-state index in [0.29, 0.717) is 10.6 Å². The van der Waals surface area contributed by atoms with Crippen molar-refractivity contribution in [1.82, 2.24) is 4.31 Å². The molecule has 0 unspecified atom stereocenters. The maximum Gasteiger partial charge on any atom is 0.268 e. The lowest BCUT2D eigenvalue weighted by molar-refractivity contribution is 0.541. The highest BCUT2D eigenvalue weighted by atomic mass is 32.2. The molecule has 1 heterocycles. The summed E-state index contributed by atoms with van der Waals surface area (Å²) in [5.41, 5.74) is 1.42. The lowest BCUT2D eigenvalue weighted by Gasteiger charge is -2.21. The molecule has 0 saturated heterocycles. The summed E-state index contributed by atoms with van der Waals surface area (Å²) in [6.45, 7) is 3.57. The van der Waals surface area contributed by atoms with Crippen LogP contribution in [0.2, 0.25) is 0 Å². The number of rotatable bonds is 2. The molecule has 2 rings (SSSR count). The van der Waals surface area contributed by atoms with Crippen LogP contribution in [-0.2, 0) is 10.0 Å². The molecule has 1 aromatic carbocycles. The van der Waals surface area contributed by atoms with E-state index in [-0.39, 0.29) is 0 Å². The van der Waals surface area contributed by atoms with Gasteiger partial charge >= 0.3 is 0 Å². The van der Waals surface area contributed by atoms with E-state index in [4.69, 9.17) is 0 Å². The third kappa shape index (κ3) is 2.24. The Morgan fingerprint density at radius 3 is 2.44 bits per heavy atom. The molecule has 0 bridgehead atoms. The minimum absolute atomic E-state index is 0.337. The zero-order chi connectivity index (χ0) is 13.2. The van der Waals surface area contributed by atoms with Gasteiger partial charge in [0.25, 0.3) is 10.0 Å². The molecule has 0 N–H and O–H groups in total. The number of sulfonamides is 1. The molecule has 18 heavy (non-hydrogen) atoms. The molecular formula is C14H15NO2S. The summed E-state index contributed by atoms with van der Waals surface area (Å²) in [5, 5.41) is 0. The Kier molecular flexibility index (Phi) is 3.39. The average Bonchev–Trinajstić information content (AvgIpc) is 2.54. The van der Waals surface area contributed by atoms with Crippen LogP contribution < -0.4 is 0 Å². The largest absolute Gasteiger partial charge is 0.268 e. The van der Waals surface area contributed by atoms with Crippen molar-refractivity contribution in [3.05, 3.63) is 66.0 Å².